The van der Waals surface area contributed by atoms with Gasteiger partial charge in [-0.2, -0.15) is 0 Å². The van der Waals surface area contributed by atoms with Crippen molar-refractivity contribution < 1.29 is 4.39 Å². The van der Waals surface area contributed by atoms with E-state index in [0.717, 1.165) is 34.8 Å². The van der Waals surface area contributed by atoms with Gasteiger partial charge in [0.15, 0.2) is 0 Å². The van der Waals surface area contributed by atoms with E-state index < -0.39 is 0 Å². The van der Waals surface area contributed by atoms with Crippen LogP contribution in [0.1, 0.15) is 34.9 Å². The molecule has 20 heavy (non-hydrogen) atoms. The molecule has 2 aromatic rings. The molecule has 0 fully saturated rings. The fraction of sp³-hybridized carbons (Fsp3) is 0.333. The Balaban J connectivity index is 1.91. The zero-order valence-electron chi connectivity index (χ0n) is 11.0. The Morgan fingerprint density at radius 1 is 1.40 bits per heavy atom. The highest BCUT2D eigenvalue weighted by atomic mass is 79.9. The lowest BCUT2D eigenvalue weighted by Gasteiger charge is -2.25. The average molecular weight is 375 g/mol. The molecular weight excluding hydrogens is 361 g/mol. The number of anilines is 1. The topological polar surface area (TPSA) is 12.0 Å². The van der Waals surface area contributed by atoms with E-state index in [0.29, 0.717) is 4.47 Å². The minimum absolute atomic E-state index is 0.224. The van der Waals surface area contributed by atoms with Crippen LogP contribution in [0.4, 0.5) is 10.1 Å². The van der Waals surface area contributed by atoms with Crippen molar-refractivity contribution in [2.24, 2.45) is 0 Å². The Kier molecular flexibility index (Phi) is 4.07. The molecule has 0 saturated carbocycles. The van der Waals surface area contributed by atoms with Gasteiger partial charge in [-0.05, 0) is 71.4 Å². The first-order chi connectivity index (χ1) is 9.54. The van der Waals surface area contributed by atoms with E-state index >= 15 is 0 Å². The van der Waals surface area contributed by atoms with Crippen LogP contribution in [0, 0.1) is 12.7 Å². The number of thiophene rings is 1. The van der Waals surface area contributed by atoms with Crippen molar-refractivity contribution in [2.75, 3.05) is 5.32 Å². The van der Waals surface area contributed by atoms with E-state index in [1.165, 1.54) is 10.4 Å². The van der Waals surface area contributed by atoms with Crippen molar-refractivity contribution in [1.82, 2.24) is 0 Å². The van der Waals surface area contributed by atoms with Crippen LogP contribution in [0.2, 0.25) is 4.34 Å². The Bertz CT molecular complexity index is 656. The van der Waals surface area contributed by atoms with Crippen molar-refractivity contribution >= 4 is 44.6 Å². The van der Waals surface area contributed by atoms with Gasteiger partial charge >= 0.3 is 0 Å². The van der Waals surface area contributed by atoms with Crippen LogP contribution in [0.15, 0.2) is 22.7 Å². The Hall–Kier alpha value is -0.580. The maximum absolute atomic E-state index is 13.7. The maximum atomic E-state index is 13.7. The normalized spacial score (nSPS) is 17.9. The molecule has 0 amide bonds. The minimum atomic E-state index is -0.238. The number of hydrogen-bond donors (Lipinski definition) is 1. The van der Waals surface area contributed by atoms with E-state index in [-0.39, 0.29) is 11.9 Å². The van der Waals surface area contributed by atoms with Crippen LogP contribution in [-0.4, -0.2) is 0 Å². The summed E-state index contributed by atoms with van der Waals surface area (Å²) in [6.07, 6.45) is 3.29. The number of hydrogen-bond acceptors (Lipinski definition) is 2. The molecule has 3 rings (SSSR count). The van der Waals surface area contributed by atoms with E-state index in [2.05, 4.69) is 21.2 Å². The lowest BCUT2D eigenvalue weighted by Crippen LogP contribution is -2.16. The molecule has 1 atom stereocenters. The quantitative estimate of drug-likeness (QED) is 0.669. The molecule has 1 unspecified atom stereocenters. The first-order valence-electron chi connectivity index (χ1n) is 6.55. The molecular formula is C15H14BrClFNS. The molecule has 0 bridgehead atoms. The summed E-state index contributed by atoms with van der Waals surface area (Å²) in [7, 11) is 0. The second-order valence-electron chi connectivity index (χ2n) is 5.10. The van der Waals surface area contributed by atoms with Crippen molar-refractivity contribution in [2.45, 2.75) is 32.2 Å². The lowest BCUT2D eigenvalue weighted by molar-refractivity contribution is 0.603. The van der Waals surface area contributed by atoms with Crippen LogP contribution < -0.4 is 5.32 Å². The second kappa shape index (κ2) is 5.66. The summed E-state index contributed by atoms with van der Waals surface area (Å²) < 4.78 is 15.0. The van der Waals surface area contributed by atoms with Gasteiger partial charge in [-0.25, -0.2) is 4.39 Å². The van der Waals surface area contributed by atoms with Crippen LogP contribution in [0.25, 0.3) is 0 Å². The summed E-state index contributed by atoms with van der Waals surface area (Å²) >= 11 is 11.0. The molecule has 1 N–H and O–H groups in total. The third kappa shape index (κ3) is 2.74. The first kappa shape index (κ1) is 14.4. The highest BCUT2D eigenvalue weighted by Crippen LogP contribution is 2.40. The van der Waals surface area contributed by atoms with E-state index in [4.69, 9.17) is 11.6 Å². The minimum Gasteiger partial charge on any atom is -0.378 e. The second-order valence-corrected chi connectivity index (χ2v) is 7.72. The molecule has 1 heterocycles. The zero-order chi connectivity index (χ0) is 14.3. The van der Waals surface area contributed by atoms with Gasteiger partial charge in [-0.15, -0.1) is 11.3 Å². The van der Waals surface area contributed by atoms with Crippen LogP contribution >= 0.6 is 38.9 Å². The predicted molar refractivity (Wildman–Crippen MR) is 87.5 cm³/mol. The first-order valence-corrected chi connectivity index (χ1v) is 8.53. The summed E-state index contributed by atoms with van der Waals surface area (Å²) in [6.45, 7) is 1.98. The van der Waals surface area contributed by atoms with Crippen molar-refractivity contribution in [3.63, 3.8) is 0 Å². The summed E-state index contributed by atoms with van der Waals surface area (Å²) in [4.78, 5) is 1.36. The molecule has 0 saturated heterocycles. The highest BCUT2D eigenvalue weighted by Gasteiger charge is 2.23. The molecule has 5 heteroatoms. The standard InChI is InChI=1S/C15H14BrClFNS/c1-8-5-10(16)11(18)7-13(8)19-12-3-2-4-14-9(12)6-15(17)20-14/h5-7,12,19H,2-4H2,1H3. The molecule has 0 spiro atoms. The van der Waals surface area contributed by atoms with Gasteiger partial charge in [0, 0.05) is 10.6 Å². The summed E-state index contributed by atoms with van der Waals surface area (Å²) in [5, 5.41) is 3.47. The fourth-order valence-electron chi connectivity index (χ4n) is 2.66. The van der Waals surface area contributed by atoms with Crippen LogP contribution in [-0.2, 0) is 6.42 Å². The molecule has 0 aliphatic heterocycles. The number of fused-ring (bicyclic) bond motifs is 1. The van der Waals surface area contributed by atoms with Crippen molar-refractivity contribution in [3.05, 3.63) is 48.8 Å². The zero-order valence-corrected chi connectivity index (χ0v) is 14.1. The molecule has 1 aliphatic rings. The number of rotatable bonds is 2. The van der Waals surface area contributed by atoms with Gasteiger partial charge in [-0.3, -0.25) is 0 Å². The van der Waals surface area contributed by atoms with Gasteiger partial charge in [0.1, 0.15) is 5.82 Å². The molecule has 1 aliphatic carbocycles. The van der Waals surface area contributed by atoms with E-state index in [1.54, 1.807) is 17.4 Å². The van der Waals surface area contributed by atoms with Gasteiger partial charge in [0.2, 0.25) is 0 Å². The number of nitrogens with one attached hydrogen (secondary N) is 1. The smallest absolute Gasteiger partial charge is 0.139 e. The number of benzene rings is 1. The van der Waals surface area contributed by atoms with Crippen molar-refractivity contribution in [3.8, 4) is 0 Å². The summed E-state index contributed by atoms with van der Waals surface area (Å²) in [5.74, 6) is -0.238. The van der Waals surface area contributed by atoms with Gasteiger partial charge in [-0.1, -0.05) is 11.6 Å². The third-order valence-electron chi connectivity index (χ3n) is 3.68. The summed E-state index contributed by atoms with van der Waals surface area (Å²) in [6, 6.07) is 5.63. The van der Waals surface area contributed by atoms with Gasteiger partial charge in [0.25, 0.3) is 0 Å². The molecule has 1 aromatic heterocycles. The lowest BCUT2D eigenvalue weighted by atomic mass is 9.93. The van der Waals surface area contributed by atoms with Gasteiger partial charge < -0.3 is 5.32 Å². The third-order valence-corrected chi connectivity index (χ3v) is 5.63. The SMILES string of the molecule is Cc1cc(Br)c(F)cc1NC1CCCc2sc(Cl)cc21. The molecule has 1 aromatic carbocycles. The van der Waals surface area contributed by atoms with E-state index in [9.17, 15) is 4.39 Å². The predicted octanol–water partition coefficient (Wildman–Crippen LogP) is 6.10. The van der Waals surface area contributed by atoms with Crippen molar-refractivity contribution in [1.29, 1.82) is 0 Å². The monoisotopic (exact) mass is 373 g/mol. The fourth-order valence-corrected chi connectivity index (χ4v) is 4.50. The Morgan fingerprint density at radius 2 is 2.20 bits per heavy atom. The Morgan fingerprint density at radius 3 is 3.00 bits per heavy atom. The number of halogens is 3. The highest BCUT2D eigenvalue weighted by molar-refractivity contribution is 9.10. The Labute approximate surface area is 135 Å². The molecule has 0 radical (unpaired) electrons. The van der Waals surface area contributed by atoms with Crippen LogP contribution in [0.3, 0.4) is 0 Å². The molecule has 106 valence electrons. The molecule has 1 nitrogen and oxygen atoms in total. The van der Waals surface area contributed by atoms with Crippen LogP contribution in [0.5, 0.6) is 0 Å². The maximum Gasteiger partial charge on any atom is 0.139 e. The number of aryl methyl sites for hydroxylation is 2. The van der Waals surface area contributed by atoms with E-state index in [1.807, 2.05) is 19.1 Å². The van der Waals surface area contributed by atoms with Gasteiger partial charge in [0.05, 0.1) is 14.9 Å². The largest absolute Gasteiger partial charge is 0.378 e. The average Bonchev–Trinajstić information content (AvgIpc) is 2.77. The summed E-state index contributed by atoms with van der Waals surface area (Å²) in [5.41, 5.74) is 3.16.